The van der Waals surface area contributed by atoms with Gasteiger partial charge in [0, 0.05) is 24.5 Å². The largest absolute Gasteiger partial charge is 0.326 e. The first-order valence-electron chi connectivity index (χ1n) is 9.49. The van der Waals surface area contributed by atoms with E-state index in [2.05, 4.69) is 10.6 Å². The van der Waals surface area contributed by atoms with E-state index in [4.69, 9.17) is 23.2 Å². The van der Waals surface area contributed by atoms with Crippen molar-refractivity contribution in [3.05, 3.63) is 82.3 Å². The van der Waals surface area contributed by atoms with Crippen molar-refractivity contribution < 1.29 is 18.4 Å². The van der Waals surface area contributed by atoms with Gasteiger partial charge in [-0.15, -0.1) is 0 Å². The number of halogens is 4. The topological polar surface area (TPSA) is 64.7 Å². The van der Waals surface area contributed by atoms with Crippen molar-refractivity contribution in [1.29, 1.82) is 0 Å². The highest BCUT2D eigenvalue weighted by atomic mass is 35.5. The molecule has 0 radical (unpaired) electrons. The van der Waals surface area contributed by atoms with Gasteiger partial charge >= 0.3 is 12.1 Å². The molecule has 1 aliphatic heterocycles. The van der Waals surface area contributed by atoms with Crippen LogP contribution in [-0.2, 0) is 0 Å². The Hall–Kier alpha value is -3.36. The third-order valence-corrected chi connectivity index (χ3v) is 5.42. The Balaban J connectivity index is 1.54. The maximum Gasteiger partial charge on any atom is 0.326 e. The SMILES string of the molecule is O=C(Nc1ccc(F)c(Cl)c1)N1CCN(C(=O)Nc2ccc(F)c(Cl)c2)c2ccccc21. The second-order valence-corrected chi connectivity index (χ2v) is 7.72. The Bertz CT molecular complexity index is 1120. The van der Waals surface area contributed by atoms with E-state index in [-0.39, 0.29) is 23.1 Å². The summed E-state index contributed by atoms with van der Waals surface area (Å²) in [5, 5.41) is 5.15. The van der Waals surface area contributed by atoms with Crippen LogP contribution in [0.5, 0.6) is 0 Å². The summed E-state index contributed by atoms with van der Waals surface area (Å²) in [5.74, 6) is -1.17. The molecule has 0 saturated carbocycles. The molecule has 10 heteroatoms. The average Bonchev–Trinajstić information content (AvgIpc) is 2.78. The first-order valence-corrected chi connectivity index (χ1v) is 10.3. The van der Waals surface area contributed by atoms with E-state index in [1.807, 2.05) is 0 Å². The molecule has 164 valence electrons. The third-order valence-electron chi connectivity index (χ3n) is 4.84. The molecule has 0 unspecified atom stereocenters. The van der Waals surface area contributed by atoms with Gasteiger partial charge < -0.3 is 10.6 Å². The van der Waals surface area contributed by atoms with Gasteiger partial charge in [0.05, 0.1) is 21.4 Å². The molecule has 32 heavy (non-hydrogen) atoms. The Kier molecular flexibility index (Phi) is 6.16. The summed E-state index contributed by atoms with van der Waals surface area (Å²) in [6.45, 7) is 0.407. The van der Waals surface area contributed by atoms with Gasteiger partial charge in [-0.2, -0.15) is 0 Å². The number of nitrogens with one attached hydrogen (secondary N) is 2. The Morgan fingerprint density at radius 2 is 1.12 bits per heavy atom. The number of anilines is 4. The van der Waals surface area contributed by atoms with E-state index in [1.165, 1.54) is 34.1 Å². The Morgan fingerprint density at radius 1 is 0.719 bits per heavy atom. The molecule has 0 aliphatic carbocycles. The van der Waals surface area contributed by atoms with Crippen LogP contribution in [0.1, 0.15) is 0 Å². The molecule has 4 amide bonds. The first-order chi connectivity index (χ1) is 15.3. The van der Waals surface area contributed by atoms with Crippen LogP contribution in [-0.4, -0.2) is 25.2 Å². The minimum atomic E-state index is -0.586. The number of urea groups is 2. The molecule has 3 aromatic rings. The normalized spacial score (nSPS) is 12.9. The number of benzene rings is 3. The van der Waals surface area contributed by atoms with Gasteiger partial charge in [0.1, 0.15) is 11.6 Å². The van der Waals surface area contributed by atoms with Crippen LogP contribution < -0.4 is 20.4 Å². The number of para-hydroxylation sites is 2. The van der Waals surface area contributed by atoms with Crippen LogP contribution in [0.4, 0.5) is 41.1 Å². The lowest BCUT2D eigenvalue weighted by Crippen LogP contribution is -2.49. The van der Waals surface area contributed by atoms with Crippen LogP contribution in [0.15, 0.2) is 60.7 Å². The molecule has 0 saturated heterocycles. The monoisotopic (exact) mass is 476 g/mol. The van der Waals surface area contributed by atoms with Crippen LogP contribution in [0.2, 0.25) is 10.0 Å². The fourth-order valence-corrected chi connectivity index (χ4v) is 3.67. The lowest BCUT2D eigenvalue weighted by molar-refractivity contribution is 0.253. The summed E-state index contributed by atoms with van der Waals surface area (Å²) >= 11 is 11.6. The number of carbonyl (C=O) groups excluding carboxylic acids is 2. The van der Waals surface area contributed by atoms with E-state index < -0.39 is 23.7 Å². The Morgan fingerprint density at radius 3 is 1.50 bits per heavy atom. The summed E-state index contributed by atoms with van der Waals surface area (Å²) in [4.78, 5) is 28.7. The quantitative estimate of drug-likeness (QED) is 0.451. The zero-order chi connectivity index (χ0) is 22.8. The predicted octanol–water partition coefficient (Wildman–Crippen LogP) is 6.36. The van der Waals surface area contributed by atoms with Crippen molar-refractivity contribution in [1.82, 2.24) is 0 Å². The number of carbonyl (C=O) groups is 2. The lowest BCUT2D eigenvalue weighted by atomic mass is 10.1. The van der Waals surface area contributed by atoms with Crippen molar-refractivity contribution in [2.45, 2.75) is 0 Å². The number of nitrogens with zero attached hydrogens (tertiary/aromatic N) is 2. The van der Waals surface area contributed by atoms with Crippen molar-refractivity contribution in [3.63, 3.8) is 0 Å². The van der Waals surface area contributed by atoms with Crippen LogP contribution in [0.25, 0.3) is 0 Å². The van der Waals surface area contributed by atoms with Crippen LogP contribution >= 0.6 is 23.2 Å². The molecule has 1 aliphatic rings. The minimum absolute atomic E-state index is 0.106. The molecule has 1 heterocycles. The maximum atomic E-state index is 13.4. The van der Waals surface area contributed by atoms with Gasteiger partial charge in [0.2, 0.25) is 0 Å². The average molecular weight is 477 g/mol. The maximum absolute atomic E-state index is 13.4. The van der Waals surface area contributed by atoms with Crippen molar-refractivity contribution in [2.75, 3.05) is 33.5 Å². The van der Waals surface area contributed by atoms with Crippen LogP contribution in [0.3, 0.4) is 0 Å². The number of hydrogen-bond donors (Lipinski definition) is 2. The highest BCUT2D eigenvalue weighted by Gasteiger charge is 2.30. The van der Waals surface area contributed by atoms with Crippen molar-refractivity contribution in [3.8, 4) is 0 Å². The zero-order valence-electron chi connectivity index (χ0n) is 16.4. The van der Waals surface area contributed by atoms with Crippen molar-refractivity contribution >= 4 is 58.0 Å². The van der Waals surface area contributed by atoms with Gasteiger partial charge in [-0.05, 0) is 48.5 Å². The molecule has 0 bridgehead atoms. The van der Waals surface area contributed by atoms with Gasteiger partial charge in [-0.3, -0.25) is 9.80 Å². The van der Waals surface area contributed by atoms with E-state index >= 15 is 0 Å². The highest BCUT2D eigenvalue weighted by Crippen LogP contribution is 2.34. The highest BCUT2D eigenvalue weighted by molar-refractivity contribution is 6.31. The van der Waals surface area contributed by atoms with Crippen LogP contribution in [0, 0.1) is 11.6 Å². The molecule has 3 aromatic carbocycles. The predicted molar refractivity (Wildman–Crippen MR) is 122 cm³/mol. The third kappa shape index (κ3) is 4.46. The molecular formula is C22H16Cl2F2N4O2. The molecule has 6 nitrogen and oxygen atoms in total. The lowest BCUT2D eigenvalue weighted by Gasteiger charge is -2.36. The smallest absolute Gasteiger partial charge is 0.307 e. The fraction of sp³-hybridized carbons (Fsp3) is 0.0909. The first kappa shape index (κ1) is 21.9. The van der Waals surface area contributed by atoms with Crippen molar-refractivity contribution in [2.24, 2.45) is 0 Å². The van der Waals surface area contributed by atoms with E-state index in [9.17, 15) is 18.4 Å². The van der Waals surface area contributed by atoms with Gasteiger partial charge in [0.15, 0.2) is 0 Å². The number of amides is 4. The van der Waals surface area contributed by atoms with E-state index in [0.717, 1.165) is 12.1 Å². The second-order valence-electron chi connectivity index (χ2n) is 6.91. The number of rotatable bonds is 2. The number of fused-ring (bicyclic) bond motifs is 1. The summed E-state index contributed by atoms with van der Waals surface area (Å²) in [6.07, 6.45) is 0. The second kappa shape index (κ2) is 9.02. The van der Waals surface area contributed by atoms with Gasteiger partial charge in [-0.1, -0.05) is 35.3 Å². The fourth-order valence-electron chi connectivity index (χ4n) is 3.31. The molecule has 0 spiro atoms. The Labute approximate surface area is 192 Å². The minimum Gasteiger partial charge on any atom is -0.307 e. The molecule has 2 N–H and O–H groups in total. The summed E-state index contributed by atoms with van der Waals surface area (Å²) in [5.41, 5.74) is 1.70. The van der Waals surface area contributed by atoms with Gasteiger partial charge in [-0.25, -0.2) is 18.4 Å². The summed E-state index contributed by atoms with van der Waals surface area (Å²) in [6, 6.07) is 13.8. The molecule has 0 fully saturated rings. The van der Waals surface area contributed by atoms with E-state index in [0.29, 0.717) is 22.7 Å². The molecular weight excluding hydrogens is 461 g/mol. The standard InChI is InChI=1S/C22H16Cl2F2N4O2/c23-15-11-13(5-7-17(15)25)27-21(31)29-9-10-30(20-4-2-1-3-19(20)29)22(32)28-14-6-8-18(26)16(24)12-14/h1-8,11-12H,9-10H2,(H,27,31)(H,28,32). The van der Waals surface area contributed by atoms with E-state index in [1.54, 1.807) is 24.3 Å². The molecule has 4 rings (SSSR count). The summed E-state index contributed by atoms with van der Waals surface area (Å²) < 4.78 is 26.8. The summed E-state index contributed by atoms with van der Waals surface area (Å²) in [7, 11) is 0. The number of hydrogen-bond acceptors (Lipinski definition) is 2. The van der Waals surface area contributed by atoms with Gasteiger partial charge in [0.25, 0.3) is 0 Å². The molecule has 0 atom stereocenters. The zero-order valence-corrected chi connectivity index (χ0v) is 17.9. The molecule has 0 aromatic heterocycles.